The maximum atomic E-state index is 12.6. The number of rotatable bonds is 3. The molecule has 0 aromatic carbocycles. The molecule has 1 heterocycles. The van der Waals surface area contributed by atoms with Crippen LogP contribution >= 0.6 is 0 Å². The second-order valence-electron chi connectivity index (χ2n) is 2.99. The van der Waals surface area contributed by atoms with Crippen LogP contribution in [-0.4, -0.2) is 17.6 Å². The van der Waals surface area contributed by atoms with Crippen molar-refractivity contribution >= 4 is 11.8 Å². The van der Waals surface area contributed by atoms with E-state index in [9.17, 15) is 13.6 Å². The lowest BCUT2D eigenvalue weighted by molar-refractivity contribution is 0.0526. The van der Waals surface area contributed by atoms with Crippen molar-refractivity contribution in [3.63, 3.8) is 0 Å². The van der Waals surface area contributed by atoms with Crippen LogP contribution in [-0.2, 0) is 4.74 Å². The summed E-state index contributed by atoms with van der Waals surface area (Å²) in [5, 5.41) is 8.61. The van der Waals surface area contributed by atoms with Gasteiger partial charge in [-0.05, 0) is 13.0 Å². The van der Waals surface area contributed by atoms with Gasteiger partial charge in [0.2, 0.25) is 0 Å². The van der Waals surface area contributed by atoms with Gasteiger partial charge in [-0.15, -0.1) is 0 Å². The van der Waals surface area contributed by atoms with Crippen LogP contribution in [0.5, 0.6) is 0 Å². The second-order valence-corrected chi connectivity index (χ2v) is 2.99. The number of carbonyl (C=O) groups is 1. The first kappa shape index (κ1) is 12.8. The summed E-state index contributed by atoms with van der Waals surface area (Å²) in [4.78, 5) is 14.8. The zero-order chi connectivity index (χ0) is 13.0. The van der Waals surface area contributed by atoms with E-state index in [1.54, 1.807) is 6.92 Å². The van der Waals surface area contributed by atoms with Crippen molar-refractivity contribution in [1.29, 1.82) is 5.26 Å². The zero-order valence-electron chi connectivity index (χ0n) is 8.91. The fraction of sp³-hybridized carbons (Fsp3) is 0.300. The van der Waals surface area contributed by atoms with Gasteiger partial charge in [-0.2, -0.15) is 5.26 Å². The van der Waals surface area contributed by atoms with E-state index >= 15 is 0 Å². The van der Waals surface area contributed by atoms with Crippen molar-refractivity contribution in [3.8, 4) is 6.07 Å². The fourth-order valence-corrected chi connectivity index (χ4v) is 1.17. The Bertz CT molecular complexity index is 483. The van der Waals surface area contributed by atoms with Crippen molar-refractivity contribution in [2.45, 2.75) is 13.3 Å². The van der Waals surface area contributed by atoms with E-state index in [4.69, 9.17) is 11.0 Å². The van der Waals surface area contributed by atoms with Crippen LogP contribution in [0.15, 0.2) is 6.07 Å². The van der Waals surface area contributed by atoms with Gasteiger partial charge >= 0.3 is 5.97 Å². The average molecular weight is 241 g/mol. The van der Waals surface area contributed by atoms with Gasteiger partial charge in [0, 0.05) is 0 Å². The van der Waals surface area contributed by atoms with E-state index in [-0.39, 0.29) is 18.0 Å². The number of alkyl halides is 2. The molecule has 1 aromatic heterocycles. The number of pyridine rings is 1. The van der Waals surface area contributed by atoms with Gasteiger partial charge < -0.3 is 10.5 Å². The lowest BCUT2D eigenvalue weighted by Gasteiger charge is -2.08. The molecule has 0 saturated heterocycles. The number of nitrogens with two attached hydrogens (primary N) is 1. The van der Waals surface area contributed by atoms with Crippen molar-refractivity contribution in [3.05, 3.63) is 22.9 Å². The summed E-state index contributed by atoms with van der Waals surface area (Å²) >= 11 is 0. The molecule has 0 aliphatic rings. The predicted molar refractivity (Wildman–Crippen MR) is 54.3 cm³/mol. The molecule has 17 heavy (non-hydrogen) atoms. The molecule has 5 nitrogen and oxygen atoms in total. The highest BCUT2D eigenvalue weighted by molar-refractivity contribution is 5.94. The van der Waals surface area contributed by atoms with Crippen molar-refractivity contribution in [1.82, 2.24) is 4.98 Å². The Morgan fingerprint density at radius 1 is 1.71 bits per heavy atom. The Balaban J connectivity index is 3.30. The monoisotopic (exact) mass is 241 g/mol. The Hall–Kier alpha value is -2.23. The third kappa shape index (κ3) is 2.66. The van der Waals surface area contributed by atoms with Gasteiger partial charge in [-0.25, -0.2) is 18.6 Å². The minimum atomic E-state index is -2.91. The molecule has 1 rings (SSSR count). The van der Waals surface area contributed by atoms with E-state index in [2.05, 4.69) is 9.72 Å². The topological polar surface area (TPSA) is 89.0 Å². The average Bonchev–Trinajstić information content (AvgIpc) is 2.28. The summed E-state index contributed by atoms with van der Waals surface area (Å²) in [6.07, 6.45) is -2.91. The molecule has 0 amide bonds. The molecule has 0 bridgehead atoms. The van der Waals surface area contributed by atoms with Gasteiger partial charge in [0.1, 0.15) is 17.5 Å². The van der Waals surface area contributed by atoms with Gasteiger partial charge in [0.25, 0.3) is 6.43 Å². The molecule has 0 fully saturated rings. The summed E-state index contributed by atoms with van der Waals surface area (Å²) in [7, 11) is 0. The number of nitriles is 1. The van der Waals surface area contributed by atoms with Crippen LogP contribution in [0.3, 0.4) is 0 Å². The molecule has 0 aliphatic carbocycles. The fourth-order valence-electron chi connectivity index (χ4n) is 1.17. The third-order valence-electron chi connectivity index (χ3n) is 1.92. The van der Waals surface area contributed by atoms with Gasteiger partial charge in [-0.3, -0.25) is 0 Å². The van der Waals surface area contributed by atoms with E-state index in [1.165, 1.54) is 6.07 Å². The number of aromatic nitrogens is 1. The van der Waals surface area contributed by atoms with Gasteiger partial charge in [0.05, 0.1) is 12.2 Å². The van der Waals surface area contributed by atoms with Crippen molar-refractivity contribution in [2.24, 2.45) is 0 Å². The molecule has 0 aliphatic heterocycles. The lowest BCUT2D eigenvalue weighted by Crippen LogP contribution is -2.12. The number of halogens is 2. The predicted octanol–water partition coefficient (Wildman–Crippen LogP) is 1.65. The maximum Gasteiger partial charge on any atom is 0.341 e. The van der Waals surface area contributed by atoms with Crippen molar-refractivity contribution < 1.29 is 18.3 Å². The Kier molecular flexibility index (Phi) is 3.93. The number of nitrogens with zero attached hydrogens (tertiary/aromatic N) is 2. The van der Waals surface area contributed by atoms with Crippen LogP contribution < -0.4 is 5.73 Å². The smallest absolute Gasteiger partial charge is 0.341 e. The quantitative estimate of drug-likeness (QED) is 0.812. The largest absolute Gasteiger partial charge is 0.462 e. The first-order chi connectivity index (χ1) is 8.01. The second kappa shape index (κ2) is 5.21. The lowest BCUT2D eigenvalue weighted by atomic mass is 10.1. The standard InChI is InChI=1S/C10H9F2N3O2/c1-2-17-10(16)6-3-5(8(11)12)7(4-13)15-9(6)14/h3,8H,2H2,1H3,(H2,14,15). The summed E-state index contributed by atoms with van der Waals surface area (Å²) < 4.78 is 29.8. The van der Waals surface area contributed by atoms with E-state index in [1.807, 2.05) is 0 Å². The van der Waals surface area contributed by atoms with E-state index in [0.717, 1.165) is 6.07 Å². The summed E-state index contributed by atoms with van der Waals surface area (Å²) in [6, 6.07) is 2.33. The minimum absolute atomic E-state index is 0.0856. The van der Waals surface area contributed by atoms with Crippen molar-refractivity contribution in [2.75, 3.05) is 12.3 Å². The van der Waals surface area contributed by atoms with Gasteiger partial charge in [-0.1, -0.05) is 0 Å². The Labute approximate surface area is 95.8 Å². The summed E-state index contributed by atoms with van der Waals surface area (Å²) in [5.41, 5.74) is 4.00. The van der Waals surface area contributed by atoms with Crippen LogP contribution in [0.1, 0.15) is 35.0 Å². The Morgan fingerprint density at radius 2 is 2.35 bits per heavy atom. The molecule has 0 atom stereocenters. The molecule has 2 N–H and O–H groups in total. The summed E-state index contributed by atoms with van der Waals surface area (Å²) in [5.74, 6) is -1.15. The van der Waals surface area contributed by atoms with E-state index < -0.39 is 23.7 Å². The third-order valence-corrected chi connectivity index (χ3v) is 1.92. The number of hydrogen-bond acceptors (Lipinski definition) is 5. The molecule has 0 saturated carbocycles. The Morgan fingerprint density at radius 3 is 2.82 bits per heavy atom. The van der Waals surface area contributed by atoms with Crippen LogP contribution in [0.4, 0.5) is 14.6 Å². The number of nitrogen functional groups attached to an aromatic ring is 1. The number of carbonyl (C=O) groups excluding carboxylic acids is 1. The normalized spacial score (nSPS) is 10.1. The first-order valence-electron chi connectivity index (χ1n) is 4.67. The number of esters is 1. The van der Waals surface area contributed by atoms with Crippen LogP contribution in [0.2, 0.25) is 0 Å². The van der Waals surface area contributed by atoms with Gasteiger partial charge in [0.15, 0.2) is 5.69 Å². The molecule has 90 valence electrons. The SMILES string of the molecule is CCOC(=O)c1cc(C(F)F)c(C#N)nc1N. The number of anilines is 1. The molecular weight excluding hydrogens is 232 g/mol. The van der Waals surface area contributed by atoms with Crippen LogP contribution in [0, 0.1) is 11.3 Å². The highest BCUT2D eigenvalue weighted by Gasteiger charge is 2.21. The number of hydrogen-bond donors (Lipinski definition) is 1. The molecular formula is C10H9F2N3O2. The first-order valence-corrected chi connectivity index (χ1v) is 4.67. The highest BCUT2D eigenvalue weighted by Crippen LogP contribution is 2.25. The zero-order valence-corrected chi connectivity index (χ0v) is 8.91. The number of ether oxygens (including phenoxy) is 1. The minimum Gasteiger partial charge on any atom is -0.462 e. The maximum absolute atomic E-state index is 12.6. The molecule has 0 radical (unpaired) electrons. The summed E-state index contributed by atoms with van der Waals surface area (Å²) in [6.45, 7) is 1.65. The molecule has 7 heteroatoms. The van der Waals surface area contributed by atoms with E-state index in [0.29, 0.717) is 0 Å². The van der Waals surface area contributed by atoms with Crippen LogP contribution in [0.25, 0.3) is 0 Å². The molecule has 0 spiro atoms. The molecule has 1 aromatic rings. The molecule has 0 unspecified atom stereocenters. The highest BCUT2D eigenvalue weighted by atomic mass is 19.3.